The van der Waals surface area contributed by atoms with Crippen molar-refractivity contribution in [1.82, 2.24) is 15.1 Å². The maximum absolute atomic E-state index is 12.3. The molecule has 2 aliphatic heterocycles. The third-order valence-corrected chi connectivity index (χ3v) is 5.58. The number of thiophene rings is 1. The highest BCUT2D eigenvalue weighted by atomic mass is 32.1. The lowest BCUT2D eigenvalue weighted by Gasteiger charge is -2.33. The number of hydrogen-bond acceptors (Lipinski definition) is 4. The van der Waals surface area contributed by atoms with Gasteiger partial charge in [0.15, 0.2) is 0 Å². The minimum atomic E-state index is 0.0391. The maximum Gasteiger partial charge on any atom is 0.317 e. The van der Waals surface area contributed by atoms with Gasteiger partial charge in [0.05, 0.1) is 6.10 Å². The van der Waals surface area contributed by atoms with E-state index in [2.05, 4.69) is 27.7 Å². The van der Waals surface area contributed by atoms with E-state index >= 15 is 0 Å². The van der Waals surface area contributed by atoms with Gasteiger partial charge in [0.2, 0.25) is 0 Å². The minimum Gasteiger partial charge on any atom is -0.376 e. The quantitative estimate of drug-likeness (QED) is 0.898. The molecule has 0 spiro atoms. The van der Waals surface area contributed by atoms with Gasteiger partial charge in [0.25, 0.3) is 0 Å². The molecule has 2 fully saturated rings. The zero-order chi connectivity index (χ0) is 16.1. The number of piperidine rings is 1. The molecular formula is C17H27N3O2S. The molecule has 6 heteroatoms. The fourth-order valence-corrected chi connectivity index (χ4v) is 4.07. The van der Waals surface area contributed by atoms with Crippen LogP contribution < -0.4 is 5.32 Å². The van der Waals surface area contributed by atoms with Gasteiger partial charge in [0, 0.05) is 50.8 Å². The largest absolute Gasteiger partial charge is 0.376 e. The third kappa shape index (κ3) is 4.93. The number of nitrogens with one attached hydrogen (secondary N) is 1. The number of carbonyl (C=O) groups is 1. The summed E-state index contributed by atoms with van der Waals surface area (Å²) in [4.78, 5) is 18.0. The Bertz CT molecular complexity index is 480. The van der Waals surface area contributed by atoms with Crippen LogP contribution in [0.25, 0.3) is 0 Å². The minimum absolute atomic E-state index is 0.0391. The first-order valence-corrected chi connectivity index (χ1v) is 9.46. The van der Waals surface area contributed by atoms with E-state index in [4.69, 9.17) is 4.74 Å². The number of hydrogen-bond donors (Lipinski definition) is 1. The Labute approximate surface area is 142 Å². The normalized spacial score (nSPS) is 23.1. The summed E-state index contributed by atoms with van der Waals surface area (Å²) in [5.41, 5.74) is 0. The van der Waals surface area contributed by atoms with Crippen LogP contribution in [0, 0.1) is 0 Å². The van der Waals surface area contributed by atoms with E-state index in [9.17, 15) is 4.79 Å². The summed E-state index contributed by atoms with van der Waals surface area (Å²) >= 11 is 1.82. The Kier molecular flexibility index (Phi) is 5.91. The number of carbonyl (C=O) groups excluding carboxylic acids is 1. The second kappa shape index (κ2) is 8.13. The number of likely N-dealkylation sites (tertiary alicyclic amines) is 1. The molecule has 0 aliphatic carbocycles. The van der Waals surface area contributed by atoms with Crippen LogP contribution in [-0.4, -0.2) is 61.3 Å². The van der Waals surface area contributed by atoms with Gasteiger partial charge in [0.1, 0.15) is 0 Å². The SMILES string of the molecule is CN(C[C@H]1CCCO1)C(=O)NC1CCN(Cc2cccs2)CC1. The van der Waals surface area contributed by atoms with Crippen LogP contribution in [0.1, 0.15) is 30.6 Å². The van der Waals surface area contributed by atoms with Crippen molar-refractivity contribution in [2.24, 2.45) is 0 Å². The number of urea groups is 1. The van der Waals surface area contributed by atoms with E-state index in [1.54, 1.807) is 4.90 Å². The molecule has 0 aromatic carbocycles. The van der Waals surface area contributed by atoms with E-state index in [0.29, 0.717) is 12.6 Å². The molecule has 0 radical (unpaired) electrons. The van der Waals surface area contributed by atoms with Gasteiger partial charge in [-0.3, -0.25) is 4.90 Å². The average Bonchev–Trinajstić information content (AvgIpc) is 3.23. The lowest BCUT2D eigenvalue weighted by atomic mass is 10.1. The van der Waals surface area contributed by atoms with E-state index in [1.807, 2.05) is 18.4 Å². The Hall–Kier alpha value is -1.11. The fraction of sp³-hybridized carbons (Fsp3) is 0.706. The van der Waals surface area contributed by atoms with Crippen LogP contribution in [-0.2, 0) is 11.3 Å². The Morgan fingerprint density at radius 1 is 1.43 bits per heavy atom. The first kappa shape index (κ1) is 16.7. The summed E-state index contributed by atoms with van der Waals surface area (Å²) in [5.74, 6) is 0. The zero-order valence-electron chi connectivity index (χ0n) is 13.9. The molecule has 2 amide bonds. The number of likely N-dealkylation sites (N-methyl/N-ethyl adjacent to an activating group) is 1. The molecule has 128 valence electrons. The van der Waals surface area contributed by atoms with Crippen molar-refractivity contribution in [3.05, 3.63) is 22.4 Å². The molecule has 1 aromatic heterocycles. The predicted octanol–water partition coefficient (Wildman–Crippen LogP) is 2.53. The molecule has 1 N–H and O–H groups in total. The van der Waals surface area contributed by atoms with E-state index in [1.165, 1.54) is 4.88 Å². The highest BCUT2D eigenvalue weighted by Gasteiger charge is 2.24. The molecular weight excluding hydrogens is 310 g/mol. The molecule has 2 aliphatic rings. The van der Waals surface area contributed by atoms with Gasteiger partial charge in [-0.05, 0) is 37.1 Å². The molecule has 1 aromatic rings. The fourth-order valence-electron chi connectivity index (χ4n) is 3.32. The van der Waals surface area contributed by atoms with Crippen LogP contribution in [0.4, 0.5) is 4.79 Å². The van der Waals surface area contributed by atoms with Crippen molar-refractivity contribution in [3.8, 4) is 0 Å². The summed E-state index contributed by atoms with van der Waals surface area (Å²) < 4.78 is 5.60. The van der Waals surface area contributed by atoms with Crippen molar-refractivity contribution >= 4 is 17.4 Å². The van der Waals surface area contributed by atoms with Crippen molar-refractivity contribution < 1.29 is 9.53 Å². The van der Waals surface area contributed by atoms with Crippen molar-refractivity contribution in [2.45, 2.75) is 44.4 Å². The monoisotopic (exact) mass is 337 g/mol. The van der Waals surface area contributed by atoms with Gasteiger partial charge in [-0.25, -0.2) is 4.79 Å². The molecule has 2 saturated heterocycles. The van der Waals surface area contributed by atoms with Crippen LogP contribution in [0.15, 0.2) is 17.5 Å². The maximum atomic E-state index is 12.3. The molecule has 3 heterocycles. The van der Waals surface area contributed by atoms with Gasteiger partial charge in [-0.1, -0.05) is 6.07 Å². The van der Waals surface area contributed by atoms with Crippen molar-refractivity contribution in [1.29, 1.82) is 0 Å². The Morgan fingerprint density at radius 3 is 2.91 bits per heavy atom. The summed E-state index contributed by atoms with van der Waals surface area (Å²) in [5, 5.41) is 5.31. The smallest absolute Gasteiger partial charge is 0.317 e. The summed E-state index contributed by atoms with van der Waals surface area (Å²) in [7, 11) is 1.86. The molecule has 23 heavy (non-hydrogen) atoms. The lowest BCUT2D eigenvalue weighted by molar-refractivity contribution is 0.0861. The van der Waals surface area contributed by atoms with Crippen molar-refractivity contribution in [3.63, 3.8) is 0 Å². The van der Waals surface area contributed by atoms with Crippen LogP contribution in [0.5, 0.6) is 0 Å². The van der Waals surface area contributed by atoms with Gasteiger partial charge >= 0.3 is 6.03 Å². The summed E-state index contributed by atoms with van der Waals surface area (Å²) in [6, 6.07) is 4.64. The lowest BCUT2D eigenvalue weighted by Crippen LogP contribution is -2.49. The topological polar surface area (TPSA) is 44.8 Å². The summed E-state index contributed by atoms with van der Waals surface area (Å²) in [6.45, 7) is 4.68. The second-order valence-electron chi connectivity index (χ2n) is 6.59. The molecule has 0 unspecified atom stereocenters. The van der Waals surface area contributed by atoms with Crippen LogP contribution >= 0.6 is 11.3 Å². The standard InChI is InChI=1S/C17H27N3O2S/c1-19(12-15-4-2-10-22-15)17(21)18-14-6-8-20(9-7-14)13-16-5-3-11-23-16/h3,5,11,14-15H,2,4,6-10,12-13H2,1H3,(H,18,21)/t15-/m1/s1. The summed E-state index contributed by atoms with van der Waals surface area (Å²) in [6.07, 6.45) is 4.47. The van der Waals surface area contributed by atoms with Gasteiger partial charge in [-0.15, -0.1) is 11.3 Å². The van der Waals surface area contributed by atoms with Crippen LogP contribution in [0.2, 0.25) is 0 Å². The Balaban J connectivity index is 1.36. The van der Waals surface area contributed by atoms with Crippen LogP contribution in [0.3, 0.4) is 0 Å². The molecule has 1 atom stereocenters. The first-order valence-electron chi connectivity index (χ1n) is 8.58. The molecule has 3 rings (SSSR count). The third-order valence-electron chi connectivity index (χ3n) is 4.72. The molecule has 0 saturated carbocycles. The second-order valence-corrected chi connectivity index (χ2v) is 7.63. The highest BCUT2D eigenvalue weighted by Crippen LogP contribution is 2.17. The zero-order valence-corrected chi connectivity index (χ0v) is 14.7. The predicted molar refractivity (Wildman–Crippen MR) is 92.8 cm³/mol. The number of nitrogens with zero attached hydrogens (tertiary/aromatic N) is 2. The van der Waals surface area contributed by atoms with E-state index < -0.39 is 0 Å². The van der Waals surface area contributed by atoms with E-state index in [-0.39, 0.29) is 12.1 Å². The van der Waals surface area contributed by atoms with Crippen molar-refractivity contribution in [2.75, 3.05) is 33.3 Å². The molecule has 5 nitrogen and oxygen atoms in total. The first-order chi connectivity index (χ1) is 11.2. The number of amides is 2. The van der Waals surface area contributed by atoms with Gasteiger partial charge < -0.3 is 15.0 Å². The van der Waals surface area contributed by atoms with E-state index in [0.717, 1.165) is 51.9 Å². The highest BCUT2D eigenvalue weighted by molar-refractivity contribution is 7.09. The average molecular weight is 337 g/mol. The Morgan fingerprint density at radius 2 is 2.26 bits per heavy atom. The van der Waals surface area contributed by atoms with Gasteiger partial charge in [-0.2, -0.15) is 0 Å². The number of ether oxygens (including phenoxy) is 1. The molecule has 0 bridgehead atoms. The number of rotatable bonds is 5.